The summed E-state index contributed by atoms with van der Waals surface area (Å²) in [5.41, 5.74) is 0. The van der Waals surface area contributed by atoms with E-state index in [0.717, 1.165) is 6.54 Å². The summed E-state index contributed by atoms with van der Waals surface area (Å²) in [6, 6.07) is 1.37. The van der Waals surface area contributed by atoms with E-state index in [0.29, 0.717) is 12.1 Å². The first-order valence-corrected chi connectivity index (χ1v) is 6.28. The van der Waals surface area contributed by atoms with E-state index in [2.05, 4.69) is 35.9 Å². The molecule has 0 aromatic rings. The molecular formula is C12H27N3. The van der Waals surface area contributed by atoms with Crippen molar-refractivity contribution >= 4 is 0 Å². The minimum Gasteiger partial charge on any atom is -0.318 e. The molecule has 1 unspecified atom stereocenters. The lowest BCUT2D eigenvalue weighted by atomic mass is 10.2. The molecule has 1 atom stereocenters. The summed E-state index contributed by atoms with van der Waals surface area (Å²) < 4.78 is 0. The molecule has 0 bridgehead atoms. The highest BCUT2D eigenvalue weighted by Crippen LogP contribution is 2.09. The molecule has 1 aliphatic rings. The van der Waals surface area contributed by atoms with Gasteiger partial charge in [-0.15, -0.1) is 0 Å². The van der Waals surface area contributed by atoms with Gasteiger partial charge in [0.1, 0.15) is 0 Å². The van der Waals surface area contributed by atoms with Crippen molar-refractivity contribution in [3.8, 4) is 0 Å². The Labute approximate surface area is 94.8 Å². The Morgan fingerprint density at radius 2 is 1.60 bits per heavy atom. The molecule has 0 aromatic heterocycles. The summed E-state index contributed by atoms with van der Waals surface area (Å²) in [6.45, 7) is 13.0. The Morgan fingerprint density at radius 1 is 1.00 bits per heavy atom. The molecule has 0 amide bonds. The lowest BCUT2D eigenvalue weighted by Gasteiger charge is -2.28. The zero-order valence-electron chi connectivity index (χ0n) is 10.8. The van der Waals surface area contributed by atoms with Crippen molar-refractivity contribution in [3.63, 3.8) is 0 Å². The maximum atomic E-state index is 3.26. The van der Waals surface area contributed by atoms with Crippen LogP contribution in [0.5, 0.6) is 0 Å². The molecule has 3 nitrogen and oxygen atoms in total. The zero-order chi connectivity index (χ0) is 11.3. The molecule has 1 aliphatic heterocycles. The summed E-state index contributed by atoms with van der Waals surface area (Å²) in [4.78, 5) is 5.20. The first-order valence-electron chi connectivity index (χ1n) is 6.28. The van der Waals surface area contributed by atoms with Crippen molar-refractivity contribution in [2.75, 3.05) is 39.8 Å². The number of rotatable bonds is 4. The fourth-order valence-corrected chi connectivity index (χ4v) is 2.34. The van der Waals surface area contributed by atoms with Crippen LogP contribution in [0.25, 0.3) is 0 Å². The van der Waals surface area contributed by atoms with Gasteiger partial charge >= 0.3 is 0 Å². The van der Waals surface area contributed by atoms with Gasteiger partial charge in [0.2, 0.25) is 0 Å². The van der Waals surface area contributed by atoms with Gasteiger partial charge in [-0.05, 0) is 47.3 Å². The molecule has 3 heteroatoms. The van der Waals surface area contributed by atoms with E-state index in [4.69, 9.17) is 0 Å². The van der Waals surface area contributed by atoms with Gasteiger partial charge in [0.15, 0.2) is 0 Å². The van der Waals surface area contributed by atoms with Gasteiger partial charge in [-0.3, -0.25) is 9.80 Å². The molecule has 90 valence electrons. The van der Waals surface area contributed by atoms with Gasteiger partial charge < -0.3 is 5.32 Å². The standard InChI is InChI=1S/C12H27N3/c1-11(2)14-6-5-7-15(9-8-14)12(3)10-13-4/h11-13H,5-10H2,1-4H3. The number of nitrogens with zero attached hydrogens (tertiary/aromatic N) is 2. The van der Waals surface area contributed by atoms with Crippen LogP contribution in [0.2, 0.25) is 0 Å². The van der Waals surface area contributed by atoms with Crippen molar-refractivity contribution in [1.29, 1.82) is 0 Å². The monoisotopic (exact) mass is 213 g/mol. The summed E-state index contributed by atoms with van der Waals surface area (Å²) in [7, 11) is 2.04. The fraction of sp³-hybridized carbons (Fsp3) is 1.00. The van der Waals surface area contributed by atoms with Gasteiger partial charge in [-0.25, -0.2) is 0 Å². The molecule has 1 saturated heterocycles. The Morgan fingerprint density at radius 3 is 2.20 bits per heavy atom. The first kappa shape index (κ1) is 12.9. The number of hydrogen-bond acceptors (Lipinski definition) is 3. The lowest BCUT2D eigenvalue weighted by molar-refractivity contribution is 0.194. The van der Waals surface area contributed by atoms with Crippen LogP contribution in [0.3, 0.4) is 0 Å². The van der Waals surface area contributed by atoms with Gasteiger partial charge in [0.25, 0.3) is 0 Å². The van der Waals surface area contributed by atoms with Crippen LogP contribution in [-0.4, -0.2) is 61.7 Å². The fourth-order valence-electron chi connectivity index (χ4n) is 2.34. The zero-order valence-corrected chi connectivity index (χ0v) is 10.8. The van der Waals surface area contributed by atoms with Crippen molar-refractivity contribution in [2.45, 2.75) is 39.3 Å². The maximum Gasteiger partial charge on any atom is 0.0192 e. The van der Waals surface area contributed by atoms with E-state index < -0.39 is 0 Å². The largest absolute Gasteiger partial charge is 0.318 e. The van der Waals surface area contributed by atoms with E-state index in [-0.39, 0.29) is 0 Å². The second kappa shape index (κ2) is 6.46. The Hall–Kier alpha value is -0.120. The molecule has 1 rings (SSSR count). The molecule has 0 aromatic carbocycles. The van der Waals surface area contributed by atoms with Crippen molar-refractivity contribution < 1.29 is 0 Å². The normalized spacial score (nSPS) is 23.0. The molecule has 0 radical (unpaired) electrons. The predicted octanol–water partition coefficient (Wildman–Crippen LogP) is 1.01. The molecule has 1 fully saturated rings. The second-order valence-corrected chi connectivity index (χ2v) is 4.93. The third-order valence-electron chi connectivity index (χ3n) is 3.42. The third kappa shape index (κ3) is 4.09. The topological polar surface area (TPSA) is 18.5 Å². The van der Waals surface area contributed by atoms with Crippen LogP contribution < -0.4 is 5.32 Å². The SMILES string of the molecule is CNCC(C)N1CCCN(C(C)C)CC1. The quantitative estimate of drug-likeness (QED) is 0.752. The predicted molar refractivity (Wildman–Crippen MR) is 66.3 cm³/mol. The summed E-state index contributed by atoms with van der Waals surface area (Å²) >= 11 is 0. The smallest absolute Gasteiger partial charge is 0.0192 e. The van der Waals surface area contributed by atoms with Crippen LogP contribution in [-0.2, 0) is 0 Å². The van der Waals surface area contributed by atoms with E-state index in [1.54, 1.807) is 0 Å². The molecule has 15 heavy (non-hydrogen) atoms. The lowest BCUT2D eigenvalue weighted by Crippen LogP contribution is -2.42. The molecule has 0 aliphatic carbocycles. The van der Waals surface area contributed by atoms with Gasteiger partial charge in [0.05, 0.1) is 0 Å². The summed E-state index contributed by atoms with van der Waals surface area (Å²) in [5, 5.41) is 3.26. The van der Waals surface area contributed by atoms with E-state index in [1.807, 2.05) is 7.05 Å². The van der Waals surface area contributed by atoms with Gasteiger partial charge in [-0.1, -0.05) is 0 Å². The average molecular weight is 213 g/mol. The van der Waals surface area contributed by atoms with Crippen molar-refractivity contribution in [2.24, 2.45) is 0 Å². The highest BCUT2D eigenvalue weighted by Gasteiger charge is 2.19. The van der Waals surface area contributed by atoms with Crippen molar-refractivity contribution in [1.82, 2.24) is 15.1 Å². The maximum absolute atomic E-state index is 3.26. The van der Waals surface area contributed by atoms with Gasteiger partial charge in [0, 0.05) is 31.7 Å². The van der Waals surface area contributed by atoms with Crippen LogP contribution in [0.1, 0.15) is 27.2 Å². The van der Waals surface area contributed by atoms with Crippen molar-refractivity contribution in [3.05, 3.63) is 0 Å². The molecule has 0 saturated carbocycles. The summed E-state index contributed by atoms with van der Waals surface area (Å²) in [6.07, 6.45) is 1.31. The Bertz CT molecular complexity index is 170. The molecule has 0 spiro atoms. The van der Waals surface area contributed by atoms with E-state index in [1.165, 1.54) is 32.6 Å². The minimum atomic E-state index is 0.669. The molecule has 1 heterocycles. The third-order valence-corrected chi connectivity index (χ3v) is 3.42. The van der Waals surface area contributed by atoms with Crippen LogP contribution in [0.4, 0.5) is 0 Å². The summed E-state index contributed by atoms with van der Waals surface area (Å²) in [5.74, 6) is 0. The average Bonchev–Trinajstić information content (AvgIpc) is 2.43. The van der Waals surface area contributed by atoms with E-state index >= 15 is 0 Å². The highest BCUT2D eigenvalue weighted by atomic mass is 15.2. The number of nitrogens with one attached hydrogen (secondary N) is 1. The van der Waals surface area contributed by atoms with Crippen LogP contribution in [0.15, 0.2) is 0 Å². The van der Waals surface area contributed by atoms with Crippen LogP contribution >= 0.6 is 0 Å². The van der Waals surface area contributed by atoms with Crippen LogP contribution in [0, 0.1) is 0 Å². The first-order chi connectivity index (χ1) is 7.15. The van der Waals surface area contributed by atoms with E-state index in [9.17, 15) is 0 Å². The second-order valence-electron chi connectivity index (χ2n) is 4.93. The minimum absolute atomic E-state index is 0.669. The molecular weight excluding hydrogens is 186 g/mol. The van der Waals surface area contributed by atoms with Gasteiger partial charge in [-0.2, -0.15) is 0 Å². The number of hydrogen-bond donors (Lipinski definition) is 1. The number of likely N-dealkylation sites (N-methyl/N-ethyl adjacent to an activating group) is 1. The Balaban J connectivity index is 2.38. The highest BCUT2D eigenvalue weighted by molar-refractivity contribution is 4.76. The molecule has 1 N–H and O–H groups in total. The Kier molecular flexibility index (Phi) is 5.58.